The fraction of sp³-hybridized carbons (Fsp3) is 0.429. The maximum absolute atomic E-state index is 5.90. The predicted molar refractivity (Wildman–Crippen MR) is 77.9 cm³/mol. The average Bonchev–Trinajstić information content (AvgIpc) is 2.70. The molecule has 0 amide bonds. The second-order valence-corrected chi connectivity index (χ2v) is 9.95. The molecule has 2 rings (SSSR count). The monoisotopic (exact) mass is 263 g/mol. The van der Waals surface area contributed by atoms with Gasteiger partial charge < -0.3 is 14.1 Å². The molecular formula is C14H21NO2Si. The van der Waals surface area contributed by atoms with Crippen LogP contribution in [0.15, 0.2) is 24.4 Å². The minimum absolute atomic E-state index is 0.792. The van der Waals surface area contributed by atoms with Gasteiger partial charge in [-0.2, -0.15) is 0 Å². The summed E-state index contributed by atoms with van der Waals surface area (Å²) >= 11 is 0. The fourth-order valence-electron chi connectivity index (χ4n) is 1.96. The third-order valence-corrected chi connectivity index (χ3v) is 3.95. The number of nitrogens with one attached hydrogen (secondary N) is 1. The summed E-state index contributed by atoms with van der Waals surface area (Å²) in [6.07, 6.45) is 3.01. The molecule has 0 aliphatic rings. The van der Waals surface area contributed by atoms with Crippen molar-refractivity contribution in [3.05, 3.63) is 30.0 Å². The van der Waals surface area contributed by atoms with Gasteiger partial charge in [-0.15, -0.1) is 0 Å². The molecule has 0 aliphatic carbocycles. The number of aromatic amines is 1. The minimum Gasteiger partial charge on any atom is -0.497 e. The first-order chi connectivity index (χ1) is 8.49. The Hall–Kier alpha value is -1.26. The normalized spacial score (nSPS) is 12.0. The number of H-pyrrole nitrogens is 1. The lowest BCUT2D eigenvalue weighted by Crippen LogP contribution is -2.26. The molecule has 1 aromatic carbocycles. The summed E-state index contributed by atoms with van der Waals surface area (Å²) in [5.41, 5.74) is 2.45. The number of fused-ring (bicyclic) bond motifs is 1. The summed E-state index contributed by atoms with van der Waals surface area (Å²) in [4.78, 5) is 3.29. The zero-order valence-corrected chi connectivity index (χ0v) is 12.5. The summed E-state index contributed by atoms with van der Waals surface area (Å²) in [6, 6.07) is 6.11. The Morgan fingerprint density at radius 1 is 1.22 bits per heavy atom. The average molecular weight is 263 g/mol. The van der Waals surface area contributed by atoms with Crippen LogP contribution in [0.3, 0.4) is 0 Å². The third kappa shape index (κ3) is 3.14. The topological polar surface area (TPSA) is 34.2 Å². The molecular weight excluding hydrogens is 242 g/mol. The van der Waals surface area contributed by atoms with E-state index in [0.717, 1.165) is 24.3 Å². The van der Waals surface area contributed by atoms with Gasteiger partial charge in [0.2, 0.25) is 0 Å². The van der Waals surface area contributed by atoms with E-state index < -0.39 is 8.32 Å². The van der Waals surface area contributed by atoms with Crippen LogP contribution in [-0.2, 0) is 10.8 Å². The Bertz CT molecular complexity index is 528. The number of hydrogen-bond acceptors (Lipinski definition) is 2. The highest BCUT2D eigenvalue weighted by Gasteiger charge is 2.14. The van der Waals surface area contributed by atoms with Crippen molar-refractivity contribution < 1.29 is 9.16 Å². The molecule has 1 heterocycles. The molecule has 0 aliphatic heterocycles. The molecule has 0 bridgehead atoms. The SMILES string of the molecule is COc1ccc2[nH]cc(CCO[Si](C)(C)C)c2c1. The second-order valence-electron chi connectivity index (χ2n) is 5.44. The van der Waals surface area contributed by atoms with Gasteiger partial charge in [0.25, 0.3) is 0 Å². The van der Waals surface area contributed by atoms with E-state index in [0.29, 0.717) is 0 Å². The summed E-state index contributed by atoms with van der Waals surface area (Å²) in [5.74, 6) is 0.898. The lowest BCUT2D eigenvalue weighted by molar-refractivity contribution is 0.316. The first-order valence-electron chi connectivity index (χ1n) is 6.27. The van der Waals surface area contributed by atoms with E-state index in [1.165, 1.54) is 10.9 Å². The Morgan fingerprint density at radius 2 is 2.00 bits per heavy atom. The highest BCUT2D eigenvalue weighted by molar-refractivity contribution is 6.69. The lowest BCUT2D eigenvalue weighted by Gasteiger charge is -2.16. The maximum Gasteiger partial charge on any atom is 0.183 e. The zero-order valence-electron chi connectivity index (χ0n) is 11.5. The highest BCUT2D eigenvalue weighted by Crippen LogP contribution is 2.24. The second kappa shape index (κ2) is 5.16. The molecule has 0 atom stereocenters. The van der Waals surface area contributed by atoms with Gasteiger partial charge in [0.15, 0.2) is 8.32 Å². The Morgan fingerprint density at radius 3 is 2.67 bits per heavy atom. The van der Waals surface area contributed by atoms with E-state index in [2.05, 4.69) is 43.0 Å². The molecule has 18 heavy (non-hydrogen) atoms. The number of rotatable bonds is 5. The van der Waals surface area contributed by atoms with E-state index in [9.17, 15) is 0 Å². The summed E-state index contributed by atoms with van der Waals surface area (Å²) in [7, 11) is 0.285. The molecule has 4 heteroatoms. The van der Waals surface area contributed by atoms with Crippen LogP contribution in [0.2, 0.25) is 19.6 Å². The van der Waals surface area contributed by atoms with E-state index in [4.69, 9.17) is 9.16 Å². The van der Waals surface area contributed by atoms with Gasteiger partial charge in [-0.05, 0) is 49.8 Å². The highest BCUT2D eigenvalue weighted by atomic mass is 28.4. The van der Waals surface area contributed by atoms with Crippen LogP contribution in [0.1, 0.15) is 5.56 Å². The number of methoxy groups -OCH3 is 1. The van der Waals surface area contributed by atoms with Crippen LogP contribution in [0.25, 0.3) is 10.9 Å². The molecule has 3 nitrogen and oxygen atoms in total. The van der Waals surface area contributed by atoms with Crippen molar-refractivity contribution in [2.75, 3.05) is 13.7 Å². The van der Waals surface area contributed by atoms with Gasteiger partial charge in [-0.25, -0.2) is 0 Å². The molecule has 0 radical (unpaired) electrons. The Kier molecular flexibility index (Phi) is 3.78. The van der Waals surface area contributed by atoms with E-state index in [-0.39, 0.29) is 0 Å². The predicted octanol–water partition coefficient (Wildman–Crippen LogP) is 3.57. The Balaban J connectivity index is 2.13. The quantitative estimate of drug-likeness (QED) is 0.837. The first-order valence-corrected chi connectivity index (χ1v) is 9.68. The van der Waals surface area contributed by atoms with Gasteiger partial charge in [0, 0.05) is 23.7 Å². The van der Waals surface area contributed by atoms with Gasteiger partial charge in [-0.3, -0.25) is 0 Å². The molecule has 2 aromatic rings. The van der Waals surface area contributed by atoms with Crippen molar-refractivity contribution in [1.82, 2.24) is 4.98 Å². The first kappa shape index (κ1) is 13.2. The molecule has 1 N–H and O–H groups in total. The third-order valence-electron chi connectivity index (χ3n) is 2.88. The van der Waals surface area contributed by atoms with Crippen LogP contribution in [0, 0.1) is 0 Å². The number of hydrogen-bond donors (Lipinski definition) is 1. The van der Waals surface area contributed by atoms with E-state index >= 15 is 0 Å². The zero-order chi connectivity index (χ0) is 13.2. The van der Waals surface area contributed by atoms with Crippen LogP contribution >= 0.6 is 0 Å². The van der Waals surface area contributed by atoms with Crippen LogP contribution < -0.4 is 4.74 Å². The van der Waals surface area contributed by atoms with E-state index in [1.807, 2.05) is 6.07 Å². The van der Waals surface area contributed by atoms with Crippen molar-refractivity contribution in [3.8, 4) is 5.75 Å². The standard InChI is InChI=1S/C14H21NO2Si/c1-16-12-5-6-14-13(9-12)11(10-15-14)7-8-17-18(2,3)4/h5-6,9-10,15H,7-8H2,1-4H3. The van der Waals surface area contributed by atoms with Crippen molar-refractivity contribution >= 4 is 19.2 Å². The van der Waals surface area contributed by atoms with E-state index in [1.54, 1.807) is 7.11 Å². The van der Waals surface area contributed by atoms with Crippen LogP contribution in [0.5, 0.6) is 5.75 Å². The van der Waals surface area contributed by atoms with Gasteiger partial charge in [0.1, 0.15) is 5.75 Å². The lowest BCUT2D eigenvalue weighted by atomic mass is 10.1. The maximum atomic E-state index is 5.90. The number of aromatic nitrogens is 1. The minimum atomic E-state index is -1.41. The van der Waals surface area contributed by atoms with Gasteiger partial charge in [-0.1, -0.05) is 0 Å². The van der Waals surface area contributed by atoms with Crippen molar-refractivity contribution in [2.24, 2.45) is 0 Å². The smallest absolute Gasteiger partial charge is 0.183 e. The molecule has 0 saturated carbocycles. The molecule has 0 saturated heterocycles. The largest absolute Gasteiger partial charge is 0.497 e. The number of benzene rings is 1. The van der Waals surface area contributed by atoms with Crippen LogP contribution in [-0.4, -0.2) is 27.0 Å². The van der Waals surface area contributed by atoms with Gasteiger partial charge >= 0.3 is 0 Å². The summed E-state index contributed by atoms with van der Waals surface area (Å²) in [6.45, 7) is 7.43. The fourth-order valence-corrected chi connectivity index (χ4v) is 2.67. The molecule has 0 fully saturated rings. The van der Waals surface area contributed by atoms with Crippen molar-refractivity contribution in [3.63, 3.8) is 0 Å². The summed E-state index contributed by atoms with van der Waals surface area (Å²) in [5, 5.41) is 1.23. The van der Waals surface area contributed by atoms with Crippen molar-refractivity contribution in [2.45, 2.75) is 26.1 Å². The van der Waals surface area contributed by atoms with Crippen molar-refractivity contribution in [1.29, 1.82) is 0 Å². The number of ether oxygens (including phenoxy) is 1. The van der Waals surface area contributed by atoms with Crippen LogP contribution in [0.4, 0.5) is 0 Å². The Labute approximate surface area is 109 Å². The molecule has 0 spiro atoms. The molecule has 1 aromatic heterocycles. The molecule has 98 valence electrons. The molecule has 0 unspecified atom stereocenters. The summed E-state index contributed by atoms with van der Waals surface area (Å²) < 4.78 is 11.2. The van der Waals surface area contributed by atoms with Gasteiger partial charge in [0.05, 0.1) is 7.11 Å².